The number of methoxy groups -OCH3 is 2. The van der Waals surface area contributed by atoms with Crippen LogP contribution in [0.2, 0.25) is 0 Å². The topological polar surface area (TPSA) is 51.5 Å². The number of nitriles is 1. The largest absolute Gasteiger partial charge is 0.493 e. The molecule has 0 fully saturated rings. The summed E-state index contributed by atoms with van der Waals surface area (Å²) >= 11 is 0. The maximum Gasteiger partial charge on any atom is 0.407 e. The van der Waals surface area contributed by atoms with Crippen molar-refractivity contribution in [2.75, 3.05) is 20.8 Å². The van der Waals surface area contributed by atoms with Crippen molar-refractivity contribution in [1.82, 2.24) is 0 Å². The third-order valence-electron chi connectivity index (χ3n) is 2.33. The van der Waals surface area contributed by atoms with Crippen LogP contribution in [0.1, 0.15) is 0 Å². The molecular weight excluding hydrogens is 263 g/mol. The Morgan fingerprint density at radius 1 is 1.21 bits per heavy atom. The van der Waals surface area contributed by atoms with Crippen LogP contribution in [-0.4, -0.2) is 27.0 Å². The molecule has 1 rings (SSSR count). The van der Waals surface area contributed by atoms with Gasteiger partial charge in [0.25, 0.3) is 0 Å². The highest BCUT2D eigenvalue weighted by Gasteiger charge is 2.40. The van der Waals surface area contributed by atoms with Gasteiger partial charge >= 0.3 is 6.18 Å². The standard InChI is InChI=1S/C12H12F3NO3/c1-17-9-4-3-5-10(18-2)11(9)19-7-8(6-16)12(13,14)15/h3-5,8H,7H2,1-2H3. The molecule has 0 aliphatic heterocycles. The second kappa shape index (κ2) is 6.18. The first-order chi connectivity index (χ1) is 8.93. The predicted molar refractivity (Wildman–Crippen MR) is 60.2 cm³/mol. The molecule has 0 radical (unpaired) electrons. The zero-order valence-corrected chi connectivity index (χ0v) is 10.3. The van der Waals surface area contributed by atoms with Gasteiger partial charge in [0.2, 0.25) is 5.75 Å². The highest BCUT2D eigenvalue weighted by atomic mass is 19.4. The van der Waals surface area contributed by atoms with Crippen molar-refractivity contribution in [2.24, 2.45) is 5.92 Å². The minimum Gasteiger partial charge on any atom is -0.493 e. The molecule has 0 aliphatic carbocycles. The number of para-hydroxylation sites is 1. The molecule has 1 aromatic carbocycles. The molecule has 0 spiro atoms. The molecule has 19 heavy (non-hydrogen) atoms. The highest BCUT2D eigenvalue weighted by molar-refractivity contribution is 5.51. The van der Waals surface area contributed by atoms with Gasteiger partial charge in [-0.15, -0.1) is 0 Å². The van der Waals surface area contributed by atoms with Gasteiger partial charge in [-0.25, -0.2) is 0 Å². The summed E-state index contributed by atoms with van der Waals surface area (Å²) in [5, 5.41) is 8.48. The van der Waals surface area contributed by atoms with E-state index in [1.54, 1.807) is 6.07 Å². The van der Waals surface area contributed by atoms with Crippen LogP contribution in [0.3, 0.4) is 0 Å². The smallest absolute Gasteiger partial charge is 0.407 e. The molecule has 0 amide bonds. The van der Waals surface area contributed by atoms with Crippen molar-refractivity contribution < 1.29 is 27.4 Å². The van der Waals surface area contributed by atoms with Gasteiger partial charge in [-0.05, 0) is 12.1 Å². The quantitative estimate of drug-likeness (QED) is 0.829. The van der Waals surface area contributed by atoms with Crippen molar-refractivity contribution in [1.29, 1.82) is 5.26 Å². The first-order valence-corrected chi connectivity index (χ1v) is 5.24. The zero-order chi connectivity index (χ0) is 14.5. The van der Waals surface area contributed by atoms with Gasteiger partial charge in [0.15, 0.2) is 17.4 Å². The lowest BCUT2D eigenvalue weighted by Gasteiger charge is -2.17. The van der Waals surface area contributed by atoms with Gasteiger partial charge < -0.3 is 14.2 Å². The summed E-state index contributed by atoms with van der Waals surface area (Å²) < 4.78 is 52.2. The number of halogens is 3. The lowest BCUT2D eigenvalue weighted by atomic mass is 10.2. The van der Waals surface area contributed by atoms with Crippen molar-refractivity contribution in [2.45, 2.75) is 6.18 Å². The van der Waals surface area contributed by atoms with Crippen molar-refractivity contribution in [3.8, 4) is 23.3 Å². The Morgan fingerprint density at radius 2 is 1.74 bits per heavy atom. The number of nitrogens with zero attached hydrogens (tertiary/aromatic N) is 1. The van der Waals surface area contributed by atoms with E-state index in [9.17, 15) is 13.2 Å². The van der Waals surface area contributed by atoms with E-state index < -0.39 is 18.7 Å². The maximum atomic E-state index is 12.4. The molecule has 0 bridgehead atoms. The molecule has 7 heteroatoms. The normalized spacial score (nSPS) is 12.4. The van der Waals surface area contributed by atoms with E-state index >= 15 is 0 Å². The molecule has 1 unspecified atom stereocenters. The summed E-state index contributed by atoms with van der Waals surface area (Å²) in [6.45, 7) is -0.823. The van der Waals surface area contributed by atoms with E-state index in [2.05, 4.69) is 0 Å². The molecule has 0 aromatic heterocycles. The molecule has 1 atom stereocenters. The Kier molecular flexibility index (Phi) is 4.87. The first kappa shape index (κ1) is 15.0. The summed E-state index contributed by atoms with van der Waals surface area (Å²) in [4.78, 5) is 0. The van der Waals surface area contributed by atoms with Gasteiger partial charge in [0.1, 0.15) is 6.61 Å². The minimum absolute atomic E-state index is 0.0389. The lowest BCUT2D eigenvalue weighted by molar-refractivity contribution is -0.165. The number of ether oxygens (including phenoxy) is 3. The molecule has 0 aliphatic rings. The maximum absolute atomic E-state index is 12.4. The number of hydrogen-bond donors (Lipinski definition) is 0. The van der Waals surface area contributed by atoms with E-state index in [1.165, 1.54) is 26.4 Å². The van der Waals surface area contributed by atoms with E-state index in [0.29, 0.717) is 0 Å². The van der Waals surface area contributed by atoms with Crippen LogP contribution in [0, 0.1) is 17.2 Å². The van der Waals surface area contributed by atoms with Crippen LogP contribution in [0.15, 0.2) is 18.2 Å². The fourth-order valence-corrected chi connectivity index (χ4v) is 1.33. The third kappa shape index (κ3) is 3.68. The van der Waals surface area contributed by atoms with E-state index in [-0.39, 0.29) is 17.2 Å². The number of alkyl halides is 3. The Bertz CT molecular complexity index is 446. The van der Waals surface area contributed by atoms with Gasteiger partial charge in [-0.1, -0.05) is 6.07 Å². The SMILES string of the molecule is COc1cccc(OC)c1OCC(C#N)C(F)(F)F. The van der Waals surface area contributed by atoms with Crippen LogP contribution < -0.4 is 14.2 Å². The molecule has 4 nitrogen and oxygen atoms in total. The Morgan fingerprint density at radius 3 is 2.11 bits per heavy atom. The molecule has 0 N–H and O–H groups in total. The van der Waals surface area contributed by atoms with E-state index in [1.807, 2.05) is 0 Å². The van der Waals surface area contributed by atoms with Crippen LogP contribution >= 0.6 is 0 Å². The first-order valence-electron chi connectivity index (χ1n) is 5.24. The van der Waals surface area contributed by atoms with Crippen molar-refractivity contribution in [3.63, 3.8) is 0 Å². The fraction of sp³-hybridized carbons (Fsp3) is 0.417. The Hall–Kier alpha value is -2.10. The molecule has 0 saturated heterocycles. The summed E-state index contributed by atoms with van der Waals surface area (Å²) in [6.07, 6.45) is -4.63. The van der Waals surface area contributed by atoms with Crippen molar-refractivity contribution in [3.05, 3.63) is 18.2 Å². The van der Waals surface area contributed by atoms with Crippen LogP contribution in [0.25, 0.3) is 0 Å². The summed E-state index contributed by atoms with van der Waals surface area (Å²) in [5.74, 6) is -1.70. The van der Waals surface area contributed by atoms with Crippen LogP contribution in [0.4, 0.5) is 13.2 Å². The minimum atomic E-state index is -4.63. The van der Waals surface area contributed by atoms with Gasteiger partial charge in [0, 0.05) is 0 Å². The summed E-state index contributed by atoms with van der Waals surface area (Å²) in [7, 11) is 2.71. The summed E-state index contributed by atoms with van der Waals surface area (Å²) in [5.41, 5.74) is 0. The van der Waals surface area contributed by atoms with E-state index in [4.69, 9.17) is 19.5 Å². The molecule has 1 aromatic rings. The lowest BCUT2D eigenvalue weighted by Crippen LogP contribution is -2.27. The fourth-order valence-electron chi connectivity index (χ4n) is 1.33. The van der Waals surface area contributed by atoms with E-state index in [0.717, 1.165) is 6.07 Å². The Labute approximate surface area is 108 Å². The average molecular weight is 275 g/mol. The predicted octanol–water partition coefficient (Wildman–Crippen LogP) is 2.78. The van der Waals surface area contributed by atoms with Crippen LogP contribution in [0.5, 0.6) is 17.2 Å². The second-order valence-corrected chi connectivity index (χ2v) is 3.53. The van der Waals surface area contributed by atoms with Gasteiger partial charge in [0.05, 0.1) is 20.3 Å². The third-order valence-corrected chi connectivity index (χ3v) is 2.33. The molecular formula is C12H12F3NO3. The number of benzene rings is 1. The average Bonchev–Trinajstić information content (AvgIpc) is 2.37. The van der Waals surface area contributed by atoms with Gasteiger partial charge in [-0.3, -0.25) is 0 Å². The summed E-state index contributed by atoms with van der Waals surface area (Å²) in [6, 6.07) is 5.80. The van der Waals surface area contributed by atoms with Crippen LogP contribution in [-0.2, 0) is 0 Å². The molecule has 0 heterocycles. The highest BCUT2D eigenvalue weighted by Crippen LogP contribution is 2.37. The second-order valence-electron chi connectivity index (χ2n) is 3.53. The molecule has 0 saturated carbocycles. The Balaban J connectivity index is 2.91. The number of rotatable bonds is 5. The van der Waals surface area contributed by atoms with Crippen molar-refractivity contribution >= 4 is 0 Å². The monoisotopic (exact) mass is 275 g/mol. The number of hydrogen-bond acceptors (Lipinski definition) is 4. The zero-order valence-electron chi connectivity index (χ0n) is 10.3. The molecule has 104 valence electrons. The van der Waals surface area contributed by atoms with Gasteiger partial charge in [-0.2, -0.15) is 18.4 Å².